The average Bonchev–Trinajstić information content (AvgIpc) is 2.74. The molecule has 2 nitrogen and oxygen atoms in total. The monoisotopic (exact) mass is 498 g/mol. The molecule has 0 aliphatic heterocycles. The van der Waals surface area contributed by atoms with Gasteiger partial charge in [-0.25, -0.2) is 0 Å². The predicted octanol–water partition coefficient (Wildman–Crippen LogP) is 7.78. The number of hydrogen-bond donors (Lipinski definition) is 0. The Labute approximate surface area is 198 Å². The zero-order valence-corrected chi connectivity index (χ0v) is 25.0. The second kappa shape index (κ2) is 22.6. The van der Waals surface area contributed by atoms with Gasteiger partial charge >= 0.3 is 0 Å². The Hall–Kier alpha value is 1.40. The lowest BCUT2D eigenvalue weighted by Crippen LogP contribution is -2.34. The predicted molar refractivity (Wildman–Crippen MR) is 147 cm³/mol. The summed E-state index contributed by atoms with van der Waals surface area (Å²) in [5.74, 6) is 2.34. The molecule has 0 amide bonds. The van der Waals surface area contributed by atoms with E-state index in [2.05, 4.69) is 27.7 Å². The number of rotatable bonds is 22. The molecule has 0 aromatic rings. The second-order valence-electron chi connectivity index (χ2n) is 8.27. The van der Waals surface area contributed by atoms with Gasteiger partial charge in [-0.05, 0) is 9.83 Å². The van der Waals surface area contributed by atoms with E-state index in [0.29, 0.717) is 11.5 Å². The van der Waals surface area contributed by atoms with Crippen molar-refractivity contribution in [2.24, 2.45) is 0 Å². The van der Waals surface area contributed by atoms with Crippen LogP contribution < -0.4 is 0 Å². The Balaban J connectivity index is 4.36. The van der Waals surface area contributed by atoms with Crippen molar-refractivity contribution < 1.29 is 9.47 Å². The Morgan fingerprint density at radius 3 is 1.14 bits per heavy atom. The zero-order valence-electron chi connectivity index (χ0n) is 20.3. The van der Waals surface area contributed by atoms with E-state index >= 15 is 0 Å². The first-order valence-electron chi connectivity index (χ1n) is 12.1. The van der Waals surface area contributed by atoms with E-state index in [1.54, 1.807) is 0 Å². The Kier molecular flexibility index (Phi) is 23.7. The minimum absolute atomic E-state index is 0.542. The van der Waals surface area contributed by atoms with Gasteiger partial charge in [-0.2, -0.15) is 0 Å². The molecule has 0 N–H and O–H groups in total. The molecular formula is C22H50O2S3Si2. The van der Waals surface area contributed by atoms with E-state index in [-0.39, 0.29) is 0 Å². The van der Waals surface area contributed by atoms with Crippen LogP contribution in [0.5, 0.6) is 0 Å². The smallest absolute Gasteiger partial charge is 0.0728 e. The van der Waals surface area contributed by atoms with Crippen LogP contribution in [0.4, 0.5) is 0 Å². The molecule has 0 aromatic heterocycles. The highest BCUT2D eigenvalue weighted by atomic mass is 33.5. The first kappa shape index (κ1) is 30.4. The highest BCUT2D eigenvalue weighted by Gasteiger charge is 2.24. The number of ether oxygens (including phenoxy) is 2. The standard InChI is InChI=1S/C22H50O2S3Si2/c1-7-11-15-28(16-12-8-2)21(23-5)19-25-27-26-20-22(24-6)29(17-13-9-3)18-14-10-4/h21-22,28-29H,7-20H2,1-6H3. The van der Waals surface area contributed by atoms with Crippen LogP contribution in [0, 0.1) is 0 Å². The van der Waals surface area contributed by atoms with Crippen LogP contribution in [0.15, 0.2) is 0 Å². The van der Waals surface area contributed by atoms with Gasteiger partial charge in [-0.1, -0.05) is 125 Å². The molecule has 0 fully saturated rings. The van der Waals surface area contributed by atoms with Crippen LogP contribution in [0.1, 0.15) is 79.1 Å². The average molecular weight is 499 g/mol. The van der Waals surface area contributed by atoms with E-state index in [1.165, 1.54) is 87.0 Å². The summed E-state index contributed by atoms with van der Waals surface area (Å²) in [7, 11) is 8.36. The van der Waals surface area contributed by atoms with E-state index < -0.39 is 17.6 Å². The van der Waals surface area contributed by atoms with Gasteiger partial charge in [-0.15, -0.1) is 0 Å². The topological polar surface area (TPSA) is 18.5 Å². The lowest BCUT2D eigenvalue weighted by molar-refractivity contribution is 0.178. The van der Waals surface area contributed by atoms with Gasteiger partial charge < -0.3 is 9.47 Å². The zero-order chi connectivity index (χ0) is 21.7. The van der Waals surface area contributed by atoms with Crippen LogP contribution in [0.25, 0.3) is 0 Å². The molecule has 7 heteroatoms. The maximum Gasteiger partial charge on any atom is 0.0728 e. The summed E-state index contributed by atoms with van der Waals surface area (Å²) in [6, 6.07) is 5.84. The maximum absolute atomic E-state index is 5.98. The molecule has 0 saturated heterocycles. The van der Waals surface area contributed by atoms with Gasteiger partial charge in [0.25, 0.3) is 0 Å². The highest BCUT2D eigenvalue weighted by molar-refractivity contribution is 9.09. The Morgan fingerprint density at radius 2 is 0.897 bits per heavy atom. The molecule has 29 heavy (non-hydrogen) atoms. The molecule has 0 saturated carbocycles. The summed E-state index contributed by atoms with van der Waals surface area (Å²) < 4.78 is 12.0. The van der Waals surface area contributed by atoms with E-state index in [1.807, 2.05) is 45.6 Å². The van der Waals surface area contributed by atoms with Crippen LogP contribution in [0.3, 0.4) is 0 Å². The van der Waals surface area contributed by atoms with Crippen LogP contribution in [-0.2, 0) is 9.47 Å². The largest absolute Gasteiger partial charge is 0.384 e. The van der Waals surface area contributed by atoms with Gasteiger partial charge in [0.05, 0.1) is 29.0 Å². The summed E-state index contributed by atoms with van der Waals surface area (Å²) in [5, 5.41) is 0. The van der Waals surface area contributed by atoms with Crippen LogP contribution in [-0.4, -0.2) is 54.8 Å². The van der Waals surface area contributed by atoms with Crippen LogP contribution in [0.2, 0.25) is 24.2 Å². The number of unbranched alkanes of at least 4 members (excludes halogenated alkanes) is 4. The van der Waals surface area contributed by atoms with Crippen molar-refractivity contribution >= 4 is 49.0 Å². The van der Waals surface area contributed by atoms with Gasteiger partial charge in [0.2, 0.25) is 0 Å². The summed E-state index contributed by atoms with van der Waals surface area (Å²) >= 11 is 0. The third-order valence-corrected chi connectivity index (χ3v) is 18.6. The third kappa shape index (κ3) is 15.8. The quantitative estimate of drug-likeness (QED) is 0.0859. The van der Waals surface area contributed by atoms with Crippen molar-refractivity contribution in [1.29, 1.82) is 0 Å². The van der Waals surface area contributed by atoms with E-state index in [0.717, 1.165) is 0 Å². The molecule has 0 aromatic carbocycles. The Bertz CT molecular complexity index is 295. The van der Waals surface area contributed by atoms with Crippen molar-refractivity contribution in [3.05, 3.63) is 0 Å². The fourth-order valence-corrected chi connectivity index (χ4v) is 17.7. The number of methoxy groups -OCH3 is 2. The summed E-state index contributed by atoms with van der Waals surface area (Å²) in [6.45, 7) is 9.27. The van der Waals surface area contributed by atoms with Gasteiger partial charge in [-0.3, -0.25) is 0 Å². The molecule has 0 heterocycles. The summed E-state index contributed by atoms with van der Waals surface area (Å²) in [5.41, 5.74) is 1.08. The molecule has 176 valence electrons. The number of hydrogen-bond acceptors (Lipinski definition) is 5. The first-order valence-corrected chi connectivity index (χ1v) is 20.6. The highest BCUT2D eigenvalue weighted by Crippen LogP contribution is 2.37. The van der Waals surface area contributed by atoms with Gasteiger partial charge in [0, 0.05) is 25.7 Å². The van der Waals surface area contributed by atoms with Crippen molar-refractivity contribution in [2.45, 2.75) is 115 Å². The molecule has 2 atom stereocenters. The molecule has 0 rings (SSSR count). The van der Waals surface area contributed by atoms with E-state index in [9.17, 15) is 0 Å². The summed E-state index contributed by atoms with van der Waals surface area (Å²) in [6.07, 6.45) is 10.9. The lowest BCUT2D eigenvalue weighted by atomic mass is 10.4. The van der Waals surface area contributed by atoms with Gasteiger partial charge in [0.15, 0.2) is 0 Å². The van der Waals surface area contributed by atoms with Crippen molar-refractivity contribution in [2.75, 3.05) is 25.7 Å². The van der Waals surface area contributed by atoms with Gasteiger partial charge in [0.1, 0.15) is 0 Å². The molecule has 2 unspecified atom stereocenters. The second-order valence-corrected chi connectivity index (χ2v) is 19.4. The fourth-order valence-electron chi connectivity index (χ4n) is 3.91. The molecule has 0 radical (unpaired) electrons. The Morgan fingerprint density at radius 1 is 0.586 bits per heavy atom. The fraction of sp³-hybridized carbons (Fsp3) is 1.00. The van der Waals surface area contributed by atoms with Crippen molar-refractivity contribution in [3.63, 3.8) is 0 Å². The normalized spacial score (nSPS) is 14.1. The molecule has 0 bridgehead atoms. The molecule has 0 aliphatic rings. The van der Waals surface area contributed by atoms with E-state index in [4.69, 9.17) is 9.47 Å². The molecule has 0 spiro atoms. The van der Waals surface area contributed by atoms with Crippen molar-refractivity contribution in [1.82, 2.24) is 0 Å². The minimum Gasteiger partial charge on any atom is -0.384 e. The van der Waals surface area contributed by atoms with Crippen molar-refractivity contribution in [3.8, 4) is 0 Å². The SMILES string of the molecule is CCCC[SiH](CCCC)C(CSSSCC(OC)[SiH](CCCC)CCCC)OC. The molecule has 0 aliphatic carbocycles. The maximum atomic E-state index is 5.98. The lowest BCUT2D eigenvalue weighted by Gasteiger charge is -2.25. The van der Waals surface area contributed by atoms with Crippen LogP contribution >= 0.6 is 31.4 Å². The minimum atomic E-state index is -0.788. The summed E-state index contributed by atoms with van der Waals surface area (Å²) in [4.78, 5) is 0. The molecular weight excluding hydrogens is 449 g/mol. The third-order valence-electron chi connectivity index (χ3n) is 5.93. The first-order chi connectivity index (χ1) is 14.2.